The minimum atomic E-state index is -0.118. The second-order valence-corrected chi connectivity index (χ2v) is 8.38. The van der Waals surface area contributed by atoms with Gasteiger partial charge in [0.05, 0.1) is 25.8 Å². The van der Waals surface area contributed by atoms with Crippen molar-refractivity contribution in [3.05, 3.63) is 63.0 Å². The largest absolute Gasteiger partial charge is 0.497 e. The number of rotatable bonds is 4. The Morgan fingerprint density at radius 1 is 1.13 bits per heavy atom. The number of benzene rings is 2. The molecule has 7 heteroatoms. The average molecular weight is 420 g/mol. The summed E-state index contributed by atoms with van der Waals surface area (Å²) in [5.41, 5.74) is 1.83. The zero-order valence-electron chi connectivity index (χ0n) is 16.8. The van der Waals surface area contributed by atoms with Gasteiger partial charge in [-0.2, -0.15) is 9.78 Å². The summed E-state index contributed by atoms with van der Waals surface area (Å²) < 4.78 is 12.2. The van der Waals surface area contributed by atoms with Crippen LogP contribution < -0.4 is 15.0 Å². The van der Waals surface area contributed by atoms with Gasteiger partial charge in [0.15, 0.2) is 0 Å². The van der Waals surface area contributed by atoms with E-state index in [1.807, 2.05) is 30.3 Å². The summed E-state index contributed by atoms with van der Waals surface area (Å²) in [5.74, 6) is 1.42. The molecule has 4 aromatic rings. The van der Waals surface area contributed by atoms with Crippen LogP contribution in [-0.4, -0.2) is 30.1 Å². The standard InChI is InChI=1S/C23H21N3O3S/c1-28-15-9-7-14-8-10-19(29-2)18(17(14)11-15)12-25-26-13-24-22-21(23(26)27)16-5-3-4-6-20(16)30-22/h7-13H,3-6H2,1-2H3/b25-12-. The first-order chi connectivity index (χ1) is 14.7. The van der Waals surface area contributed by atoms with Crippen molar-refractivity contribution in [3.8, 4) is 11.5 Å². The molecule has 1 aliphatic carbocycles. The van der Waals surface area contributed by atoms with Gasteiger partial charge in [-0.25, -0.2) is 4.98 Å². The second-order valence-electron chi connectivity index (χ2n) is 7.30. The Balaban J connectivity index is 1.65. The molecule has 0 saturated heterocycles. The monoisotopic (exact) mass is 419 g/mol. The van der Waals surface area contributed by atoms with Crippen molar-refractivity contribution >= 4 is 38.5 Å². The van der Waals surface area contributed by atoms with Crippen LogP contribution in [-0.2, 0) is 12.8 Å². The smallest absolute Gasteiger partial charge is 0.282 e. The van der Waals surface area contributed by atoms with Gasteiger partial charge in [0.1, 0.15) is 22.7 Å². The molecule has 0 atom stereocenters. The lowest BCUT2D eigenvalue weighted by molar-refractivity contribution is 0.413. The number of aromatic nitrogens is 2. The van der Waals surface area contributed by atoms with Gasteiger partial charge < -0.3 is 9.47 Å². The van der Waals surface area contributed by atoms with Crippen molar-refractivity contribution in [1.29, 1.82) is 0 Å². The number of ether oxygens (including phenoxy) is 2. The van der Waals surface area contributed by atoms with Gasteiger partial charge in [-0.1, -0.05) is 12.1 Å². The van der Waals surface area contributed by atoms with Crippen molar-refractivity contribution in [1.82, 2.24) is 9.66 Å². The summed E-state index contributed by atoms with van der Waals surface area (Å²) in [6.07, 6.45) is 7.43. The van der Waals surface area contributed by atoms with E-state index in [0.29, 0.717) is 5.75 Å². The van der Waals surface area contributed by atoms with E-state index in [1.165, 1.54) is 22.3 Å². The third-order valence-electron chi connectivity index (χ3n) is 5.62. The van der Waals surface area contributed by atoms with E-state index >= 15 is 0 Å². The minimum absolute atomic E-state index is 0.118. The molecular weight excluding hydrogens is 398 g/mol. The molecule has 0 amide bonds. The molecule has 2 heterocycles. The SMILES string of the molecule is COc1ccc2ccc(OC)c(/C=N\n3cnc4sc5c(c4c3=O)CCCC5)c2c1. The number of hydrogen-bond acceptors (Lipinski definition) is 6. The summed E-state index contributed by atoms with van der Waals surface area (Å²) in [7, 11) is 3.26. The van der Waals surface area contributed by atoms with Crippen LogP contribution in [0, 0.1) is 0 Å². The maximum absolute atomic E-state index is 13.2. The van der Waals surface area contributed by atoms with Crippen LogP contribution in [0.2, 0.25) is 0 Å². The van der Waals surface area contributed by atoms with E-state index in [0.717, 1.165) is 57.1 Å². The zero-order valence-corrected chi connectivity index (χ0v) is 17.7. The maximum atomic E-state index is 13.2. The van der Waals surface area contributed by atoms with Crippen LogP contribution in [0.3, 0.4) is 0 Å². The summed E-state index contributed by atoms with van der Waals surface area (Å²) in [6, 6.07) is 9.73. The Morgan fingerprint density at radius 3 is 2.80 bits per heavy atom. The fourth-order valence-corrected chi connectivity index (χ4v) is 5.30. The van der Waals surface area contributed by atoms with Crippen molar-refractivity contribution < 1.29 is 9.47 Å². The molecule has 6 nitrogen and oxygen atoms in total. The number of fused-ring (bicyclic) bond motifs is 4. The molecule has 0 fully saturated rings. The molecule has 0 radical (unpaired) electrons. The van der Waals surface area contributed by atoms with Crippen LogP contribution >= 0.6 is 11.3 Å². The van der Waals surface area contributed by atoms with Crippen molar-refractivity contribution in [2.75, 3.05) is 14.2 Å². The predicted molar refractivity (Wildman–Crippen MR) is 121 cm³/mol. The van der Waals surface area contributed by atoms with Crippen LogP contribution in [0.25, 0.3) is 21.0 Å². The van der Waals surface area contributed by atoms with Crippen molar-refractivity contribution in [2.45, 2.75) is 25.7 Å². The van der Waals surface area contributed by atoms with Crippen molar-refractivity contribution in [3.63, 3.8) is 0 Å². The first-order valence-electron chi connectivity index (χ1n) is 9.90. The van der Waals surface area contributed by atoms with Crippen molar-refractivity contribution in [2.24, 2.45) is 5.10 Å². The first kappa shape index (κ1) is 18.8. The molecule has 30 heavy (non-hydrogen) atoms. The lowest BCUT2D eigenvalue weighted by Gasteiger charge is -2.10. The Hall–Kier alpha value is -3.19. The number of methoxy groups -OCH3 is 2. The lowest BCUT2D eigenvalue weighted by atomic mass is 9.97. The normalized spacial score (nSPS) is 13.8. The van der Waals surface area contributed by atoms with Gasteiger partial charge in [0.25, 0.3) is 5.56 Å². The Morgan fingerprint density at radius 2 is 1.97 bits per heavy atom. The molecule has 1 aliphatic rings. The molecule has 0 saturated carbocycles. The first-order valence-corrected chi connectivity index (χ1v) is 10.7. The molecule has 0 spiro atoms. The molecule has 0 aliphatic heterocycles. The summed E-state index contributed by atoms with van der Waals surface area (Å²) in [4.78, 5) is 19.8. The van der Waals surface area contributed by atoms with E-state index in [4.69, 9.17) is 9.47 Å². The molecule has 2 aromatic carbocycles. The maximum Gasteiger partial charge on any atom is 0.282 e. The number of aryl methyl sites for hydroxylation is 2. The van der Waals surface area contributed by atoms with Crippen LogP contribution in [0.1, 0.15) is 28.8 Å². The highest BCUT2D eigenvalue weighted by Crippen LogP contribution is 2.33. The molecule has 0 bridgehead atoms. The Labute approximate surface area is 177 Å². The Bertz CT molecular complexity index is 1350. The van der Waals surface area contributed by atoms with E-state index < -0.39 is 0 Å². The third kappa shape index (κ3) is 3.06. The van der Waals surface area contributed by atoms with E-state index in [9.17, 15) is 4.79 Å². The molecule has 0 N–H and O–H groups in total. The highest BCUT2D eigenvalue weighted by Gasteiger charge is 2.20. The topological polar surface area (TPSA) is 65.7 Å². The van der Waals surface area contributed by atoms with Gasteiger partial charge in [-0.05, 0) is 60.2 Å². The minimum Gasteiger partial charge on any atom is -0.497 e. The van der Waals surface area contributed by atoms with Gasteiger partial charge in [0.2, 0.25) is 0 Å². The Kier molecular flexibility index (Phi) is 4.75. The number of thiophene rings is 1. The van der Waals surface area contributed by atoms with Crippen LogP contribution in [0.15, 0.2) is 46.6 Å². The third-order valence-corrected chi connectivity index (χ3v) is 6.82. The molecule has 5 rings (SSSR count). The summed E-state index contributed by atoms with van der Waals surface area (Å²) in [6.45, 7) is 0. The van der Waals surface area contributed by atoms with Gasteiger partial charge in [-0.3, -0.25) is 4.79 Å². The summed E-state index contributed by atoms with van der Waals surface area (Å²) in [5, 5.41) is 7.16. The fraction of sp³-hybridized carbons (Fsp3) is 0.261. The molecular formula is C23H21N3O3S. The second kappa shape index (κ2) is 7.57. The highest BCUT2D eigenvalue weighted by atomic mass is 32.1. The van der Waals surface area contributed by atoms with Gasteiger partial charge >= 0.3 is 0 Å². The molecule has 0 unspecified atom stereocenters. The van der Waals surface area contributed by atoms with E-state index in [1.54, 1.807) is 31.8 Å². The summed E-state index contributed by atoms with van der Waals surface area (Å²) >= 11 is 1.64. The van der Waals surface area contributed by atoms with E-state index in [-0.39, 0.29) is 5.56 Å². The average Bonchev–Trinajstić information content (AvgIpc) is 3.17. The predicted octanol–water partition coefficient (Wildman–Crippen LogP) is 4.39. The zero-order chi connectivity index (χ0) is 20.7. The lowest BCUT2D eigenvalue weighted by Crippen LogP contribution is -2.18. The number of nitrogens with zero attached hydrogens (tertiary/aromatic N) is 3. The molecule has 152 valence electrons. The van der Waals surface area contributed by atoms with Crippen LogP contribution in [0.4, 0.5) is 0 Å². The van der Waals surface area contributed by atoms with Crippen LogP contribution in [0.5, 0.6) is 11.5 Å². The van der Waals surface area contributed by atoms with Gasteiger partial charge in [-0.15, -0.1) is 11.3 Å². The van der Waals surface area contributed by atoms with E-state index in [2.05, 4.69) is 10.1 Å². The highest BCUT2D eigenvalue weighted by molar-refractivity contribution is 7.18. The van der Waals surface area contributed by atoms with Gasteiger partial charge in [0, 0.05) is 10.4 Å². The fourth-order valence-electron chi connectivity index (χ4n) is 4.08. The quantitative estimate of drug-likeness (QED) is 0.460. The number of hydrogen-bond donors (Lipinski definition) is 0. The molecule has 2 aromatic heterocycles.